The minimum absolute atomic E-state index is 0.507. The molecule has 5 nitrogen and oxygen atoms in total. The van der Waals surface area contributed by atoms with Gasteiger partial charge in [-0.05, 0) is 36.4 Å². The fourth-order valence-electron chi connectivity index (χ4n) is 3.57. The van der Waals surface area contributed by atoms with Gasteiger partial charge in [0.2, 0.25) is 0 Å². The predicted octanol–water partition coefficient (Wildman–Crippen LogP) is 4.84. The van der Waals surface area contributed by atoms with Crippen LogP contribution in [0.1, 0.15) is 0 Å². The van der Waals surface area contributed by atoms with E-state index in [0.29, 0.717) is 39.6 Å². The van der Waals surface area contributed by atoms with Gasteiger partial charge >= 0.3 is 0 Å². The smallest absolute Gasteiger partial charge is 0.119 e. The Hall–Kier alpha value is -2.86. The lowest BCUT2D eigenvalue weighted by Gasteiger charge is -2.10. The second-order valence-corrected chi connectivity index (χ2v) is 6.93. The average Bonchev–Trinajstić information content (AvgIpc) is 3.13. The van der Waals surface area contributed by atoms with Gasteiger partial charge in [-0.25, -0.2) is 0 Å². The third-order valence-electron chi connectivity index (χ3n) is 4.98. The average molecular weight is 405 g/mol. The van der Waals surface area contributed by atoms with Gasteiger partial charge < -0.3 is 23.5 Å². The molecule has 5 heteroatoms. The Morgan fingerprint density at radius 1 is 0.600 bits per heavy atom. The fraction of sp³-hybridized carbons (Fsp3) is 0.280. The van der Waals surface area contributed by atoms with Gasteiger partial charge in [0.1, 0.15) is 12.4 Å². The molecule has 1 heterocycles. The molecule has 0 fully saturated rings. The largest absolute Gasteiger partial charge is 0.491 e. The van der Waals surface area contributed by atoms with Crippen molar-refractivity contribution in [3.63, 3.8) is 0 Å². The van der Waals surface area contributed by atoms with Crippen LogP contribution >= 0.6 is 0 Å². The third kappa shape index (κ3) is 4.65. The Morgan fingerprint density at radius 2 is 1.13 bits per heavy atom. The zero-order valence-electron chi connectivity index (χ0n) is 17.3. The molecule has 0 aliphatic rings. The zero-order chi connectivity index (χ0) is 20.6. The molecule has 156 valence electrons. The number of nitrogens with zero attached hydrogens (tertiary/aromatic N) is 1. The summed E-state index contributed by atoms with van der Waals surface area (Å²) < 4.78 is 23.9. The van der Waals surface area contributed by atoms with Gasteiger partial charge in [0, 0.05) is 23.6 Å². The number of benzene rings is 3. The summed E-state index contributed by atoms with van der Waals surface area (Å²) in [5.41, 5.74) is 3.52. The molecule has 0 saturated heterocycles. The van der Waals surface area contributed by atoms with Crippen LogP contribution in [0.2, 0.25) is 0 Å². The van der Waals surface area contributed by atoms with E-state index in [0.717, 1.165) is 11.4 Å². The van der Waals surface area contributed by atoms with E-state index in [2.05, 4.69) is 65.2 Å². The van der Waals surface area contributed by atoms with Gasteiger partial charge in [0.05, 0.1) is 44.1 Å². The number of para-hydroxylation sites is 2. The molecule has 0 unspecified atom stereocenters. The van der Waals surface area contributed by atoms with Gasteiger partial charge in [-0.2, -0.15) is 0 Å². The van der Waals surface area contributed by atoms with Crippen LogP contribution < -0.4 is 4.74 Å². The highest BCUT2D eigenvalue weighted by Gasteiger charge is 2.11. The maximum absolute atomic E-state index is 5.80. The minimum atomic E-state index is 0.507. The lowest BCUT2D eigenvalue weighted by molar-refractivity contribution is 0.0180. The molecule has 0 atom stereocenters. The number of hydrogen-bond donors (Lipinski definition) is 0. The highest BCUT2D eigenvalue weighted by atomic mass is 16.6. The quantitative estimate of drug-likeness (QED) is 0.335. The lowest BCUT2D eigenvalue weighted by Crippen LogP contribution is -2.12. The van der Waals surface area contributed by atoms with Gasteiger partial charge in [-0.1, -0.05) is 36.4 Å². The number of fused-ring (bicyclic) bond motifs is 3. The standard InChI is InChI=1S/C25H27NO4/c1-27-14-15-28-16-17-29-18-19-30-21-12-10-20(11-13-21)26-24-8-4-2-6-22(24)23-7-3-5-9-25(23)26/h2-13H,14-19H2,1H3. The second-order valence-electron chi connectivity index (χ2n) is 6.93. The summed E-state index contributed by atoms with van der Waals surface area (Å²) >= 11 is 0. The van der Waals surface area contributed by atoms with Gasteiger partial charge in [0.15, 0.2) is 0 Å². The monoisotopic (exact) mass is 405 g/mol. The number of ether oxygens (including phenoxy) is 4. The fourth-order valence-corrected chi connectivity index (χ4v) is 3.57. The van der Waals surface area contributed by atoms with Crippen LogP contribution in [0.25, 0.3) is 27.5 Å². The van der Waals surface area contributed by atoms with E-state index < -0.39 is 0 Å². The summed E-state index contributed by atoms with van der Waals surface area (Å²) in [4.78, 5) is 0. The maximum Gasteiger partial charge on any atom is 0.119 e. The maximum atomic E-state index is 5.80. The molecule has 0 radical (unpaired) electrons. The Kier molecular flexibility index (Phi) is 6.98. The first-order chi connectivity index (χ1) is 14.9. The van der Waals surface area contributed by atoms with E-state index in [1.165, 1.54) is 21.8 Å². The molecule has 1 aromatic heterocycles. The zero-order valence-corrected chi connectivity index (χ0v) is 17.3. The molecular weight excluding hydrogens is 378 g/mol. The minimum Gasteiger partial charge on any atom is -0.491 e. The topological polar surface area (TPSA) is 41.9 Å². The molecule has 0 aliphatic carbocycles. The Balaban J connectivity index is 1.36. The number of rotatable bonds is 11. The van der Waals surface area contributed by atoms with Crippen molar-refractivity contribution in [1.29, 1.82) is 0 Å². The molecule has 4 aromatic rings. The summed E-state index contributed by atoms with van der Waals surface area (Å²) in [6, 6.07) is 25.2. The first-order valence-corrected chi connectivity index (χ1v) is 10.2. The van der Waals surface area contributed by atoms with E-state index in [1.807, 2.05) is 12.1 Å². The molecular formula is C25H27NO4. The van der Waals surface area contributed by atoms with Crippen molar-refractivity contribution in [2.45, 2.75) is 0 Å². The third-order valence-corrected chi connectivity index (χ3v) is 4.98. The van der Waals surface area contributed by atoms with Crippen molar-refractivity contribution in [2.24, 2.45) is 0 Å². The van der Waals surface area contributed by atoms with Crippen LogP contribution in [0.15, 0.2) is 72.8 Å². The summed E-state index contributed by atoms with van der Waals surface area (Å²) in [5.74, 6) is 0.833. The molecule has 4 rings (SSSR count). The van der Waals surface area contributed by atoms with E-state index in [-0.39, 0.29) is 0 Å². The van der Waals surface area contributed by atoms with Crippen LogP contribution in [0.3, 0.4) is 0 Å². The lowest BCUT2D eigenvalue weighted by atomic mass is 10.2. The van der Waals surface area contributed by atoms with Crippen molar-refractivity contribution >= 4 is 21.8 Å². The van der Waals surface area contributed by atoms with Crippen LogP contribution in [0.5, 0.6) is 5.75 Å². The summed E-state index contributed by atoms with van der Waals surface area (Å²) in [7, 11) is 1.66. The highest BCUT2D eigenvalue weighted by Crippen LogP contribution is 2.32. The van der Waals surface area contributed by atoms with E-state index in [9.17, 15) is 0 Å². The van der Waals surface area contributed by atoms with Gasteiger partial charge in [-0.3, -0.25) is 0 Å². The van der Waals surface area contributed by atoms with Crippen molar-refractivity contribution in [2.75, 3.05) is 46.8 Å². The first-order valence-electron chi connectivity index (χ1n) is 10.2. The van der Waals surface area contributed by atoms with Crippen molar-refractivity contribution in [1.82, 2.24) is 4.57 Å². The van der Waals surface area contributed by atoms with E-state index in [4.69, 9.17) is 18.9 Å². The molecule has 0 aliphatic heterocycles. The van der Waals surface area contributed by atoms with Crippen molar-refractivity contribution in [3.05, 3.63) is 72.8 Å². The molecule has 0 N–H and O–H groups in total. The van der Waals surface area contributed by atoms with Gasteiger partial charge in [0.25, 0.3) is 0 Å². The van der Waals surface area contributed by atoms with Crippen molar-refractivity contribution < 1.29 is 18.9 Å². The molecule has 0 spiro atoms. The SMILES string of the molecule is COCCOCCOCCOc1ccc(-n2c3ccccc3c3ccccc32)cc1. The predicted molar refractivity (Wildman–Crippen MR) is 120 cm³/mol. The Bertz CT molecular complexity index is 1020. The number of methoxy groups -OCH3 is 1. The molecule has 30 heavy (non-hydrogen) atoms. The van der Waals surface area contributed by atoms with Gasteiger partial charge in [-0.15, -0.1) is 0 Å². The molecule has 0 bridgehead atoms. The number of aromatic nitrogens is 1. The van der Waals surface area contributed by atoms with Crippen LogP contribution in [-0.2, 0) is 14.2 Å². The van der Waals surface area contributed by atoms with E-state index >= 15 is 0 Å². The summed E-state index contributed by atoms with van der Waals surface area (Å²) in [6.07, 6.45) is 0. The Morgan fingerprint density at radius 3 is 1.73 bits per heavy atom. The molecule has 3 aromatic carbocycles. The van der Waals surface area contributed by atoms with Crippen molar-refractivity contribution in [3.8, 4) is 11.4 Å². The second kappa shape index (κ2) is 10.3. The Labute approximate surface area is 176 Å². The molecule has 0 saturated carbocycles. The van der Waals surface area contributed by atoms with Crippen LogP contribution in [0, 0.1) is 0 Å². The summed E-state index contributed by atoms with van der Waals surface area (Å²) in [5, 5.41) is 2.52. The van der Waals surface area contributed by atoms with Crippen LogP contribution in [-0.4, -0.2) is 51.3 Å². The van der Waals surface area contributed by atoms with Crippen LogP contribution in [0.4, 0.5) is 0 Å². The normalized spacial score (nSPS) is 11.4. The highest BCUT2D eigenvalue weighted by molar-refractivity contribution is 6.09. The first kappa shape index (κ1) is 20.4. The molecule has 0 amide bonds. The summed E-state index contributed by atoms with van der Waals surface area (Å²) in [6.45, 7) is 3.36. The number of hydrogen-bond acceptors (Lipinski definition) is 4. The van der Waals surface area contributed by atoms with E-state index in [1.54, 1.807) is 7.11 Å².